The minimum atomic E-state index is 0.394. The molecule has 2 heteroatoms. The summed E-state index contributed by atoms with van der Waals surface area (Å²) in [6.07, 6.45) is 0. The maximum absolute atomic E-state index is 3.54. The first-order valence-corrected chi connectivity index (χ1v) is 7.34. The highest BCUT2D eigenvalue weighted by Gasteiger charge is 2.05. The first-order valence-electron chi connectivity index (χ1n) is 7.34. The lowest BCUT2D eigenvalue weighted by Crippen LogP contribution is -2.30. The molecule has 0 bridgehead atoms. The van der Waals surface area contributed by atoms with E-state index in [2.05, 4.69) is 85.1 Å². The molecule has 106 valence electrons. The van der Waals surface area contributed by atoms with Crippen LogP contribution >= 0.6 is 0 Å². The van der Waals surface area contributed by atoms with Gasteiger partial charge in [-0.15, -0.1) is 0 Å². The van der Waals surface area contributed by atoms with Crippen LogP contribution in [0.15, 0.2) is 60.7 Å². The van der Waals surface area contributed by atoms with E-state index < -0.39 is 0 Å². The highest BCUT2D eigenvalue weighted by atomic mass is 15.0. The summed E-state index contributed by atoms with van der Waals surface area (Å²) in [5.74, 6) is 0. The van der Waals surface area contributed by atoms with Crippen molar-refractivity contribution in [1.82, 2.24) is 10.6 Å². The van der Waals surface area contributed by atoms with Crippen LogP contribution in [0.2, 0.25) is 0 Å². The van der Waals surface area contributed by atoms with Crippen molar-refractivity contribution in [2.45, 2.75) is 25.9 Å². The molecule has 0 heterocycles. The number of benzene rings is 2. The van der Waals surface area contributed by atoms with Gasteiger partial charge in [-0.3, -0.25) is 0 Å². The van der Waals surface area contributed by atoms with Crippen LogP contribution in [0.1, 0.15) is 37.1 Å². The van der Waals surface area contributed by atoms with Gasteiger partial charge in [0, 0.05) is 25.2 Å². The summed E-state index contributed by atoms with van der Waals surface area (Å²) in [5.41, 5.74) is 2.67. The van der Waals surface area contributed by atoms with Gasteiger partial charge in [0.2, 0.25) is 0 Å². The molecule has 0 amide bonds. The van der Waals surface area contributed by atoms with E-state index in [1.54, 1.807) is 0 Å². The Morgan fingerprint density at radius 3 is 1.35 bits per heavy atom. The quantitative estimate of drug-likeness (QED) is 0.748. The lowest BCUT2D eigenvalue weighted by molar-refractivity contribution is 0.512. The Morgan fingerprint density at radius 2 is 1.00 bits per heavy atom. The molecule has 2 aromatic carbocycles. The largest absolute Gasteiger partial charge is 0.309 e. The van der Waals surface area contributed by atoms with Gasteiger partial charge in [0.25, 0.3) is 0 Å². The third-order valence-corrected chi connectivity index (χ3v) is 3.63. The number of hydrogen-bond acceptors (Lipinski definition) is 2. The first kappa shape index (κ1) is 14.8. The number of rotatable bonds is 7. The second kappa shape index (κ2) is 7.83. The van der Waals surface area contributed by atoms with E-state index in [0.29, 0.717) is 12.1 Å². The molecule has 0 saturated carbocycles. The van der Waals surface area contributed by atoms with Crippen LogP contribution in [0, 0.1) is 0 Å². The van der Waals surface area contributed by atoms with Crippen molar-refractivity contribution in [2.24, 2.45) is 0 Å². The number of hydrogen-bond donors (Lipinski definition) is 2. The molecule has 2 atom stereocenters. The second-order valence-electron chi connectivity index (χ2n) is 5.17. The standard InChI is InChI=1S/C18H24N2/c1-15(17-9-5-3-6-10-17)19-13-14-20-16(2)18-11-7-4-8-12-18/h3-12,15-16,19-20H,13-14H2,1-2H3. The van der Waals surface area contributed by atoms with Crippen molar-refractivity contribution in [3.05, 3.63) is 71.8 Å². The molecule has 0 aromatic heterocycles. The monoisotopic (exact) mass is 268 g/mol. The summed E-state index contributed by atoms with van der Waals surface area (Å²) in [4.78, 5) is 0. The minimum Gasteiger partial charge on any atom is -0.309 e. The molecule has 0 aliphatic carbocycles. The summed E-state index contributed by atoms with van der Waals surface area (Å²) in [5, 5.41) is 7.09. The second-order valence-corrected chi connectivity index (χ2v) is 5.17. The Kier molecular flexibility index (Phi) is 5.78. The highest BCUT2D eigenvalue weighted by molar-refractivity contribution is 5.19. The van der Waals surface area contributed by atoms with E-state index in [9.17, 15) is 0 Å². The van der Waals surface area contributed by atoms with Crippen molar-refractivity contribution >= 4 is 0 Å². The average Bonchev–Trinajstić information content (AvgIpc) is 2.53. The normalized spacial score (nSPS) is 13.9. The third kappa shape index (κ3) is 4.48. The zero-order valence-corrected chi connectivity index (χ0v) is 12.3. The molecule has 0 radical (unpaired) electrons. The molecule has 0 aliphatic rings. The maximum Gasteiger partial charge on any atom is 0.0292 e. The van der Waals surface area contributed by atoms with Crippen LogP contribution in [-0.2, 0) is 0 Å². The first-order chi connectivity index (χ1) is 9.77. The molecular weight excluding hydrogens is 244 g/mol. The Morgan fingerprint density at radius 1 is 0.650 bits per heavy atom. The SMILES string of the molecule is CC(NCCNC(C)c1ccccc1)c1ccccc1. The molecule has 2 nitrogen and oxygen atoms in total. The van der Waals surface area contributed by atoms with Gasteiger partial charge in [-0.1, -0.05) is 60.7 Å². The Labute approximate surface area is 122 Å². The van der Waals surface area contributed by atoms with Gasteiger partial charge in [0.15, 0.2) is 0 Å². The molecule has 0 aliphatic heterocycles. The van der Waals surface area contributed by atoms with E-state index in [1.165, 1.54) is 11.1 Å². The van der Waals surface area contributed by atoms with E-state index in [0.717, 1.165) is 13.1 Å². The van der Waals surface area contributed by atoms with Crippen molar-refractivity contribution in [3.63, 3.8) is 0 Å². The van der Waals surface area contributed by atoms with Crippen LogP contribution in [0.3, 0.4) is 0 Å². The molecule has 2 N–H and O–H groups in total. The van der Waals surface area contributed by atoms with Crippen LogP contribution in [0.4, 0.5) is 0 Å². The summed E-state index contributed by atoms with van der Waals surface area (Å²) in [6, 6.07) is 21.9. The molecule has 2 aromatic rings. The fourth-order valence-corrected chi connectivity index (χ4v) is 2.30. The lowest BCUT2D eigenvalue weighted by atomic mass is 10.1. The molecule has 2 rings (SSSR count). The molecular formula is C18H24N2. The van der Waals surface area contributed by atoms with Crippen molar-refractivity contribution in [1.29, 1.82) is 0 Å². The van der Waals surface area contributed by atoms with Gasteiger partial charge in [0.1, 0.15) is 0 Å². The van der Waals surface area contributed by atoms with E-state index in [1.807, 2.05) is 0 Å². The van der Waals surface area contributed by atoms with Crippen molar-refractivity contribution in [2.75, 3.05) is 13.1 Å². The summed E-state index contributed by atoms with van der Waals surface area (Å²) in [7, 11) is 0. The van der Waals surface area contributed by atoms with Crippen LogP contribution < -0.4 is 10.6 Å². The smallest absolute Gasteiger partial charge is 0.0292 e. The van der Waals surface area contributed by atoms with Crippen LogP contribution in [0.25, 0.3) is 0 Å². The minimum absolute atomic E-state index is 0.394. The third-order valence-electron chi connectivity index (χ3n) is 3.63. The topological polar surface area (TPSA) is 24.1 Å². The predicted molar refractivity (Wildman–Crippen MR) is 85.7 cm³/mol. The average molecular weight is 268 g/mol. The summed E-state index contributed by atoms with van der Waals surface area (Å²) in [6.45, 7) is 6.34. The summed E-state index contributed by atoms with van der Waals surface area (Å²) >= 11 is 0. The molecule has 0 fully saturated rings. The molecule has 0 saturated heterocycles. The maximum atomic E-state index is 3.54. The lowest BCUT2D eigenvalue weighted by Gasteiger charge is -2.17. The Bertz CT molecular complexity index is 434. The van der Waals surface area contributed by atoms with Gasteiger partial charge in [0.05, 0.1) is 0 Å². The van der Waals surface area contributed by atoms with Gasteiger partial charge in [-0.05, 0) is 25.0 Å². The van der Waals surface area contributed by atoms with E-state index in [-0.39, 0.29) is 0 Å². The van der Waals surface area contributed by atoms with Gasteiger partial charge < -0.3 is 10.6 Å². The molecule has 0 spiro atoms. The van der Waals surface area contributed by atoms with Crippen molar-refractivity contribution < 1.29 is 0 Å². The van der Waals surface area contributed by atoms with Crippen LogP contribution in [-0.4, -0.2) is 13.1 Å². The number of nitrogens with one attached hydrogen (secondary N) is 2. The highest BCUT2D eigenvalue weighted by Crippen LogP contribution is 2.11. The zero-order valence-electron chi connectivity index (χ0n) is 12.3. The summed E-state index contributed by atoms with van der Waals surface area (Å²) < 4.78 is 0. The fourth-order valence-electron chi connectivity index (χ4n) is 2.30. The van der Waals surface area contributed by atoms with Gasteiger partial charge in [-0.2, -0.15) is 0 Å². The van der Waals surface area contributed by atoms with E-state index >= 15 is 0 Å². The van der Waals surface area contributed by atoms with Gasteiger partial charge >= 0.3 is 0 Å². The molecule has 20 heavy (non-hydrogen) atoms. The van der Waals surface area contributed by atoms with Crippen LogP contribution in [0.5, 0.6) is 0 Å². The fraction of sp³-hybridized carbons (Fsp3) is 0.333. The Hall–Kier alpha value is -1.64. The predicted octanol–water partition coefficient (Wildman–Crippen LogP) is 3.69. The zero-order chi connectivity index (χ0) is 14.2. The molecule has 2 unspecified atom stereocenters. The van der Waals surface area contributed by atoms with E-state index in [4.69, 9.17) is 0 Å². The Balaban J connectivity index is 1.69. The van der Waals surface area contributed by atoms with Crippen molar-refractivity contribution in [3.8, 4) is 0 Å². The van der Waals surface area contributed by atoms with Gasteiger partial charge in [-0.25, -0.2) is 0 Å².